The third kappa shape index (κ3) is 5.56. The van der Waals surface area contributed by atoms with Crippen molar-refractivity contribution >= 4 is 5.91 Å². The molecule has 0 aliphatic rings. The number of furan rings is 1. The lowest BCUT2D eigenvalue weighted by atomic mass is 10.2. The third-order valence-corrected chi connectivity index (χ3v) is 2.34. The maximum Gasteiger partial charge on any atom is 0.220 e. The first kappa shape index (κ1) is 12.8. The van der Waals surface area contributed by atoms with Gasteiger partial charge >= 0.3 is 0 Å². The molecule has 1 amide bonds. The lowest BCUT2D eigenvalue weighted by molar-refractivity contribution is -0.121. The summed E-state index contributed by atoms with van der Waals surface area (Å²) in [5.74, 6) is 0.899. The van der Waals surface area contributed by atoms with Crippen LogP contribution in [0.3, 0.4) is 0 Å². The van der Waals surface area contributed by atoms with Crippen molar-refractivity contribution in [2.24, 2.45) is 0 Å². The standard InChI is InChI=1S/C12H19NO3/c14-9-3-1-2-8-13-12(15)7-6-11-5-4-10-16-11/h4-5,10,14H,1-3,6-9H2,(H,13,15). The van der Waals surface area contributed by atoms with Gasteiger partial charge in [-0.25, -0.2) is 0 Å². The van der Waals surface area contributed by atoms with Gasteiger partial charge in [0, 0.05) is 26.0 Å². The van der Waals surface area contributed by atoms with Crippen LogP contribution in [-0.2, 0) is 11.2 Å². The average molecular weight is 225 g/mol. The van der Waals surface area contributed by atoms with E-state index in [9.17, 15) is 4.79 Å². The fourth-order valence-electron chi connectivity index (χ4n) is 1.42. The third-order valence-electron chi connectivity index (χ3n) is 2.34. The average Bonchev–Trinajstić information content (AvgIpc) is 2.79. The van der Waals surface area contributed by atoms with E-state index < -0.39 is 0 Å². The molecule has 0 radical (unpaired) electrons. The van der Waals surface area contributed by atoms with Crippen molar-refractivity contribution in [3.63, 3.8) is 0 Å². The fraction of sp³-hybridized carbons (Fsp3) is 0.583. The van der Waals surface area contributed by atoms with Gasteiger partial charge in [0.1, 0.15) is 5.76 Å². The molecule has 0 spiro atoms. The topological polar surface area (TPSA) is 62.5 Å². The van der Waals surface area contributed by atoms with Gasteiger partial charge in [0.15, 0.2) is 0 Å². The van der Waals surface area contributed by atoms with Gasteiger partial charge in [0.25, 0.3) is 0 Å². The molecule has 4 nitrogen and oxygen atoms in total. The SMILES string of the molecule is O=C(CCc1ccco1)NCCCCCO. The van der Waals surface area contributed by atoms with E-state index in [0.29, 0.717) is 19.4 Å². The van der Waals surface area contributed by atoms with Crippen LogP contribution in [0.2, 0.25) is 0 Å². The highest BCUT2D eigenvalue weighted by atomic mass is 16.3. The highest BCUT2D eigenvalue weighted by Crippen LogP contribution is 2.03. The number of aliphatic hydroxyl groups is 1. The number of aryl methyl sites for hydroxylation is 1. The molecular weight excluding hydrogens is 206 g/mol. The maximum atomic E-state index is 11.4. The summed E-state index contributed by atoms with van der Waals surface area (Å²) in [6.45, 7) is 0.920. The second-order valence-corrected chi connectivity index (χ2v) is 3.71. The molecule has 1 aromatic heterocycles. The number of nitrogens with one attached hydrogen (secondary N) is 1. The van der Waals surface area contributed by atoms with Crippen LogP contribution < -0.4 is 5.32 Å². The summed E-state index contributed by atoms with van der Waals surface area (Å²) in [7, 11) is 0. The van der Waals surface area contributed by atoms with Crippen molar-refractivity contribution < 1.29 is 14.3 Å². The molecule has 0 saturated carbocycles. The number of aliphatic hydroxyl groups excluding tert-OH is 1. The molecule has 0 bridgehead atoms. The van der Waals surface area contributed by atoms with Crippen molar-refractivity contribution in [2.75, 3.05) is 13.2 Å². The van der Waals surface area contributed by atoms with E-state index in [-0.39, 0.29) is 12.5 Å². The number of rotatable bonds is 8. The molecule has 0 fully saturated rings. The number of unbranched alkanes of at least 4 members (excludes halogenated alkanes) is 2. The predicted octanol–water partition coefficient (Wildman–Crippen LogP) is 1.49. The van der Waals surface area contributed by atoms with Crippen LogP contribution in [0.1, 0.15) is 31.4 Å². The first-order valence-corrected chi connectivity index (χ1v) is 5.73. The zero-order chi connectivity index (χ0) is 11.6. The summed E-state index contributed by atoms with van der Waals surface area (Å²) in [5, 5.41) is 11.4. The zero-order valence-corrected chi connectivity index (χ0v) is 9.45. The minimum atomic E-state index is 0.0559. The number of amides is 1. The molecule has 1 aromatic rings. The summed E-state index contributed by atoms with van der Waals surface area (Å²) >= 11 is 0. The van der Waals surface area contributed by atoms with E-state index in [0.717, 1.165) is 25.0 Å². The predicted molar refractivity (Wildman–Crippen MR) is 61.0 cm³/mol. The van der Waals surface area contributed by atoms with Crippen LogP contribution in [0.25, 0.3) is 0 Å². The Bertz CT molecular complexity index is 282. The molecule has 0 atom stereocenters. The summed E-state index contributed by atoms with van der Waals surface area (Å²) in [6, 6.07) is 3.69. The monoisotopic (exact) mass is 225 g/mol. The summed E-state index contributed by atoms with van der Waals surface area (Å²) in [4.78, 5) is 11.4. The van der Waals surface area contributed by atoms with Gasteiger partial charge in [0.2, 0.25) is 5.91 Å². The Kier molecular flexibility index (Phi) is 6.33. The Morgan fingerprint density at radius 1 is 1.38 bits per heavy atom. The maximum absolute atomic E-state index is 11.4. The van der Waals surface area contributed by atoms with Crippen molar-refractivity contribution in [1.82, 2.24) is 5.32 Å². The van der Waals surface area contributed by atoms with E-state index in [1.807, 2.05) is 12.1 Å². The van der Waals surface area contributed by atoms with Gasteiger partial charge in [-0.1, -0.05) is 0 Å². The number of carbonyl (C=O) groups excluding carboxylic acids is 1. The van der Waals surface area contributed by atoms with Crippen LogP contribution in [0.15, 0.2) is 22.8 Å². The molecule has 16 heavy (non-hydrogen) atoms. The lowest BCUT2D eigenvalue weighted by Gasteiger charge is -2.03. The Morgan fingerprint density at radius 2 is 2.25 bits per heavy atom. The van der Waals surface area contributed by atoms with E-state index in [1.165, 1.54) is 0 Å². The first-order chi connectivity index (χ1) is 7.83. The molecule has 0 aliphatic carbocycles. The highest BCUT2D eigenvalue weighted by molar-refractivity contribution is 5.75. The van der Waals surface area contributed by atoms with E-state index in [2.05, 4.69) is 5.32 Å². The highest BCUT2D eigenvalue weighted by Gasteiger charge is 2.02. The molecule has 0 unspecified atom stereocenters. The smallest absolute Gasteiger partial charge is 0.220 e. The van der Waals surface area contributed by atoms with E-state index in [1.54, 1.807) is 6.26 Å². The van der Waals surface area contributed by atoms with E-state index in [4.69, 9.17) is 9.52 Å². The van der Waals surface area contributed by atoms with Gasteiger partial charge in [-0.2, -0.15) is 0 Å². The molecule has 1 rings (SSSR count). The molecule has 90 valence electrons. The second kappa shape index (κ2) is 7.93. The van der Waals surface area contributed by atoms with Gasteiger partial charge in [-0.05, 0) is 31.4 Å². The van der Waals surface area contributed by atoms with Crippen LogP contribution in [0.4, 0.5) is 0 Å². The Hall–Kier alpha value is -1.29. The van der Waals surface area contributed by atoms with Crippen LogP contribution in [-0.4, -0.2) is 24.2 Å². The molecule has 0 saturated heterocycles. The van der Waals surface area contributed by atoms with Gasteiger partial charge < -0.3 is 14.8 Å². The normalized spacial score (nSPS) is 10.3. The number of hydrogen-bond donors (Lipinski definition) is 2. The Morgan fingerprint density at radius 3 is 2.94 bits per heavy atom. The minimum Gasteiger partial charge on any atom is -0.469 e. The fourth-order valence-corrected chi connectivity index (χ4v) is 1.42. The molecule has 0 aliphatic heterocycles. The van der Waals surface area contributed by atoms with Gasteiger partial charge in [0.05, 0.1) is 6.26 Å². The summed E-state index contributed by atoms with van der Waals surface area (Å²) < 4.78 is 5.13. The number of hydrogen-bond acceptors (Lipinski definition) is 3. The molecule has 2 N–H and O–H groups in total. The molecular formula is C12H19NO3. The zero-order valence-electron chi connectivity index (χ0n) is 9.45. The van der Waals surface area contributed by atoms with Gasteiger partial charge in [-0.3, -0.25) is 4.79 Å². The second-order valence-electron chi connectivity index (χ2n) is 3.71. The quantitative estimate of drug-likeness (QED) is 0.659. The largest absolute Gasteiger partial charge is 0.469 e. The molecule has 0 aromatic carbocycles. The Labute approximate surface area is 95.7 Å². The lowest BCUT2D eigenvalue weighted by Crippen LogP contribution is -2.24. The van der Waals surface area contributed by atoms with E-state index >= 15 is 0 Å². The van der Waals surface area contributed by atoms with Crippen molar-refractivity contribution in [1.29, 1.82) is 0 Å². The van der Waals surface area contributed by atoms with Gasteiger partial charge in [-0.15, -0.1) is 0 Å². The van der Waals surface area contributed by atoms with Crippen molar-refractivity contribution in [3.8, 4) is 0 Å². The minimum absolute atomic E-state index is 0.0559. The molecule has 1 heterocycles. The van der Waals surface area contributed by atoms with Crippen LogP contribution >= 0.6 is 0 Å². The van der Waals surface area contributed by atoms with Crippen molar-refractivity contribution in [3.05, 3.63) is 24.2 Å². The number of carbonyl (C=O) groups is 1. The summed E-state index contributed by atoms with van der Waals surface area (Å²) in [6.07, 6.45) is 5.41. The Balaban J connectivity index is 1.99. The first-order valence-electron chi connectivity index (χ1n) is 5.73. The summed E-state index contributed by atoms with van der Waals surface area (Å²) in [5.41, 5.74) is 0. The van der Waals surface area contributed by atoms with Crippen molar-refractivity contribution in [2.45, 2.75) is 32.1 Å². The van der Waals surface area contributed by atoms with Crippen LogP contribution in [0.5, 0.6) is 0 Å². The molecule has 4 heteroatoms. The van der Waals surface area contributed by atoms with Crippen LogP contribution in [0, 0.1) is 0 Å².